The zero-order chi connectivity index (χ0) is 9.14. The van der Waals surface area contributed by atoms with Crippen LogP contribution in [0.25, 0.3) is 0 Å². The van der Waals surface area contributed by atoms with Crippen LogP contribution in [0.5, 0.6) is 0 Å². The van der Waals surface area contributed by atoms with Crippen LogP contribution in [0.4, 0.5) is 0 Å². The molecule has 0 aliphatic carbocycles. The van der Waals surface area contributed by atoms with Crippen molar-refractivity contribution >= 4 is 5.97 Å². The lowest BCUT2D eigenvalue weighted by molar-refractivity contribution is 0.0688. The number of carboxylic acids is 1. The summed E-state index contributed by atoms with van der Waals surface area (Å²) in [5.41, 5.74) is 0.634. The number of hydrogen-bond donors (Lipinski definition) is 2. The lowest BCUT2D eigenvalue weighted by atomic mass is 10.0. The minimum atomic E-state index is -1.03. The highest BCUT2D eigenvalue weighted by molar-refractivity contribution is 5.86. The van der Waals surface area contributed by atoms with E-state index >= 15 is 0 Å². The zero-order valence-corrected chi connectivity index (χ0v) is 7.03. The minimum Gasteiger partial charge on any atom is -0.476 e. The van der Waals surface area contributed by atoms with E-state index in [1.807, 2.05) is 13.8 Å². The van der Waals surface area contributed by atoms with E-state index in [4.69, 9.17) is 5.11 Å². The molecule has 1 heterocycles. The molecule has 0 saturated carbocycles. The average Bonchev–Trinajstić information content (AvgIpc) is 2.50. The fraction of sp³-hybridized carbons (Fsp3) is 0.571. The minimum absolute atomic E-state index is 0.0318. The van der Waals surface area contributed by atoms with Gasteiger partial charge in [0.15, 0.2) is 5.69 Å². The number of aromatic nitrogens is 3. The fourth-order valence-corrected chi connectivity index (χ4v) is 0.941. The first-order chi connectivity index (χ1) is 5.66. The maximum atomic E-state index is 10.6. The zero-order valence-electron chi connectivity index (χ0n) is 7.03. The van der Waals surface area contributed by atoms with Gasteiger partial charge in [0.25, 0.3) is 0 Å². The highest BCUT2D eigenvalue weighted by atomic mass is 16.4. The first-order valence-electron chi connectivity index (χ1n) is 3.81. The van der Waals surface area contributed by atoms with Crippen LogP contribution in [0.1, 0.15) is 42.4 Å². The molecule has 0 aliphatic rings. The van der Waals surface area contributed by atoms with Gasteiger partial charge in [-0.3, -0.25) is 5.10 Å². The summed E-state index contributed by atoms with van der Waals surface area (Å²) in [5, 5.41) is 18.2. The van der Waals surface area contributed by atoms with Crippen LogP contribution < -0.4 is 0 Å². The molecule has 1 unspecified atom stereocenters. The number of nitrogens with zero attached hydrogens (tertiary/aromatic N) is 2. The van der Waals surface area contributed by atoms with Gasteiger partial charge >= 0.3 is 5.97 Å². The second kappa shape index (κ2) is 3.34. The van der Waals surface area contributed by atoms with Crippen LogP contribution >= 0.6 is 0 Å². The molecule has 12 heavy (non-hydrogen) atoms. The van der Waals surface area contributed by atoms with E-state index in [1.165, 1.54) is 0 Å². The van der Waals surface area contributed by atoms with Crippen molar-refractivity contribution in [2.24, 2.45) is 0 Å². The van der Waals surface area contributed by atoms with Gasteiger partial charge in [0, 0.05) is 5.92 Å². The summed E-state index contributed by atoms with van der Waals surface area (Å²) in [6.45, 7) is 3.92. The first kappa shape index (κ1) is 8.70. The fourth-order valence-electron chi connectivity index (χ4n) is 0.941. The second-order valence-corrected chi connectivity index (χ2v) is 2.69. The Hall–Kier alpha value is -1.39. The average molecular weight is 169 g/mol. The molecular weight excluding hydrogens is 158 g/mol. The molecule has 0 amide bonds. The second-order valence-electron chi connectivity index (χ2n) is 2.69. The van der Waals surface area contributed by atoms with Crippen molar-refractivity contribution in [2.75, 3.05) is 0 Å². The monoisotopic (exact) mass is 169 g/mol. The predicted octanol–water partition coefficient (Wildman–Crippen LogP) is 1.02. The number of H-pyrrole nitrogens is 1. The predicted molar refractivity (Wildman–Crippen MR) is 42.0 cm³/mol. The van der Waals surface area contributed by atoms with Gasteiger partial charge in [-0.25, -0.2) is 4.79 Å². The smallest absolute Gasteiger partial charge is 0.358 e. The van der Waals surface area contributed by atoms with Gasteiger partial charge in [-0.2, -0.15) is 0 Å². The third-order valence-electron chi connectivity index (χ3n) is 1.88. The molecule has 0 radical (unpaired) electrons. The van der Waals surface area contributed by atoms with Crippen molar-refractivity contribution in [1.82, 2.24) is 15.4 Å². The van der Waals surface area contributed by atoms with Crippen molar-refractivity contribution in [3.63, 3.8) is 0 Å². The van der Waals surface area contributed by atoms with Crippen LogP contribution in [-0.2, 0) is 0 Å². The Balaban J connectivity index is 2.98. The molecule has 66 valence electrons. The highest BCUT2D eigenvalue weighted by Crippen LogP contribution is 2.17. The third-order valence-corrected chi connectivity index (χ3v) is 1.88. The number of aromatic carboxylic acids is 1. The topological polar surface area (TPSA) is 78.9 Å². The van der Waals surface area contributed by atoms with Gasteiger partial charge in [0.2, 0.25) is 0 Å². The molecule has 5 nitrogen and oxygen atoms in total. The van der Waals surface area contributed by atoms with Gasteiger partial charge in [-0.05, 0) is 6.42 Å². The molecule has 0 spiro atoms. The van der Waals surface area contributed by atoms with Crippen LogP contribution in [0.3, 0.4) is 0 Å². The van der Waals surface area contributed by atoms with E-state index in [-0.39, 0.29) is 11.6 Å². The van der Waals surface area contributed by atoms with E-state index < -0.39 is 5.97 Å². The maximum Gasteiger partial charge on any atom is 0.358 e. The Morgan fingerprint density at radius 2 is 2.42 bits per heavy atom. The summed E-state index contributed by atoms with van der Waals surface area (Å²) in [7, 11) is 0. The molecule has 5 heteroatoms. The number of rotatable bonds is 3. The van der Waals surface area contributed by atoms with Gasteiger partial charge < -0.3 is 5.11 Å². The van der Waals surface area contributed by atoms with Crippen LogP contribution in [-0.4, -0.2) is 26.5 Å². The van der Waals surface area contributed by atoms with Gasteiger partial charge in [0.05, 0.1) is 5.69 Å². The van der Waals surface area contributed by atoms with Crippen LogP contribution in [0.2, 0.25) is 0 Å². The first-order valence-corrected chi connectivity index (χ1v) is 3.81. The summed E-state index contributed by atoms with van der Waals surface area (Å²) in [5.74, 6) is -0.870. The molecule has 1 aromatic heterocycles. The van der Waals surface area contributed by atoms with Crippen molar-refractivity contribution < 1.29 is 9.90 Å². The van der Waals surface area contributed by atoms with Gasteiger partial charge in [-0.1, -0.05) is 19.1 Å². The van der Waals surface area contributed by atoms with Gasteiger partial charge in [0.1, 0.15) is 0 Å². The molecular formula is C7H11N3O2. The Morgan fingerprint density at radius 3 is 2.92 bits per heavy atom. The van der Waals surface area contributed by atoms with Crippen LogP contribution in [0, 0.1) is 0 Å². The van der Waals surface area contributed by atoms with E-state index in [0.29, 0.717) is 5.69 Å². The quantitative estimate of drug-likeness (QED) is 0.707. The van der Waals surface area contributed by atoms with E-state index in [9.17, 15) is 4.79 Å². The van der Waals surface area contributed by atoms with Crippen molar-refractivity contribution in [1.29, 1.82) is 0 Å². The van der Waals surface area contributed by atoms with Crippen LogP contribution in [0.15, 0.2) is 0 Å². The van der Waals surface area contributed by atoms with Crippen molar-refractivity contribution in [3.05, 3.63) is 11.4 Å². The number of carboxylic acid groups (broad SMARTS) is 1. The summed E-state index contributed by atoms with van der Waals surface area (Å²) in [6.07, 6.45) is 0.865. The molecule has 1 aromatic rings. The molecule has 1 atom stereocenters. The lowest BCUT2D eigenvalue weighted by Crippen LogP contribution is -2.04. The normalized spacial score (nSPS) is 12.8. The maximum absolute atomic E-state index is 10.6. The molecule has 0 saturated heterocycles. The summed E-state index contributed by atoms with van der Waals surface area (Å²) < 4.78 is 0. The summed E-state index contributed by atoms with van der Waals surface area (Å²) in [6, 6.07) is 0. The number of aromatic amines is 1. The molecule has 0 fully saturated rings. The molecule has 0 aromatic carbocycles. The molecule has 0 bridgehead atoms. The Morgan fingerprint density at radius 1 is 1.75 bits per heavy atom. The Kier molecular flexibility index (Phi) is 2.42. The standard InChI is InChI=1S/C7H11N3O2/c1-3-4(2)5-6(7(11)12)9-10-8-5/h4H,3H2,1-2H3,(H,11,12)(H,8,9,10). The van der Waals surface area contributed by atoms with E-state index in [0.717, 1.165) is 6.42 Å². The molecule has 0 aliphatic heterocycles. The summed E-state index contributed by atoms with van der Waals surface area (Å²) in [4.78, 5) is 10.6. The molecule has 2 N–H and O–H groups in total. The largest absolute Gasteiger partial charge is 0.476 e. The third kappa shape index (κ3) is 1.44. The Bertz CT molecular complexity index is 282. The summed E-state index contributed by atoms with van der Waals surface area (Å²) >= 11 is 0. The number of hydrogen-bond acceptors (Lipinski definition) is 3. The van der Waals surface area contributed by atoms with Crippen molar-refractivity contribution in [2.45, 2.75) is 26.2 Å². The number of nitrogens with one attached hydrogen (secondary N) is 1. The number of carbonyl (C=O) groups is 1. The lowest BCUT2D eigenvalue weighted by Gasteiger charge is -2.04. The van der Waals surface area contributed by atoms with E-state index in [2.05, 4.69) is 15.4 Å². The highest BCUT2D eigenvalue weighted by Gasteiger charge is 2.18. The van der Waals surface area contributed by atoms with Crippen molar-refractivity contribution in [3.8, 4) is 0 Å². The molecule has 1 rings (SSSR count). The van der Waals surface area contributed by atoms with Gasteiger partial charge in [-0.15, -0.1) is 5.10 Å². The Labute approximate surface area is 69.8 Å². The van der Waals surface area contributed by atoms with E-state index in [1.54, 1.807) is 0 Å². The SMILES string of the molecule is CCC(C)c1[nH]nnc1C(=O)O.